The number of rotatable bonds is 4. The molecule has 0 aromatic heterocycles. The van der Waals surface area contributed by atoms with E-state index in [1.807, 2.05) is 6.07 Å². The van der Waals surface area contributed by atoms with Crippen LogP contribution in [-0.2, 0) is 0 Å². The molecular formula is C11H14N2O3. The van der Waals surface area contributed by atoms with Gasteiger partial charge in [0.05, 0.1) is 38.3 Å². The van der Waals surface area contributed by atoms with Gasteiger partial charge in [0.1, 0.15) is 17.2 Å². The maximum atomic E-state index is 9.78. The number of methoxy groups -OCH3 is 2. The van der Waals surface area contributed by atoms with Crippen LogP contribution < -0.4 is 15.2 Å². The Labute approximate surface area is 94.0 Å². The standard InChI is InChI=1S/C11H14N2O3/c1-15-7-5-9(14)11(8(13)3-4-12)10(6-7)16-2/h5-6,8,14H,3,13H2,1-2H3/t8-/m0/s1. The topological polar surface area (TPSA) is 88.5 Å². The van der Waals surface area contributed by atoms with E-state index >= 15 is 0 Å². The zero-order valence-electron chi connectivity index (χ0n) is 9.23. The van der Waals surface area contributed by atoms with Crippen LogP contribution in [0.25, 0.3) is 0 Å². The summed E-state index contributed by atoms with van der Waals surface area (Å²) < 4.78 is 10.1. The smallest absolute Gasteiger partial charge is 0.131 e. The third-order valence-electron chi connectivity index (χ3n) is 2.23. The molecule has 86 valence electrons. The average Bonchev–Trinajstić information content (AvgIpc) is 2.27. The fraction of sp³-hybridized carbons (Fsp3) is 0.364. The van der Waals surface area contributed by atoms with Crippen molar-refractivity contribution in [1.82, 2.24) is 0 Å². The maximum absolute atomic E-state index is 9.78. The van der Waals surface area contributed by atoms with Crippen molar-refractivity contribution in [2.45, 2.75) is 12.5 Å². The monoisotopic (exact) mass is 222 g/mol. The molecule has 1 aromatic rings. The van der Waals surface area contributed by atoms with Gasteiger partial charge in [-0.25, -0.2) is 0 Å². The maximum Gasteiger partial charge on any atom is 0.131 e. The Balaban J connectivity index is 3.22. The third-order valence-corrected chi connectivity index (χ3v) is 2.23. The number of phenolic OH excluding ortho intramolecular Hbond substituents is 1. The summed E-state index contributed by atoms with van der Waals surface area (Å²) >= 11 is 0. The molecule has 0 heterocycles. The molecule has 1 aromatic carbocycles. The van der Waals surface area contributed by atoms with Crippen LogP contribution in [0.2, 0.25) is 0 Å². The van der Waals surface area contributed by atoms with Gasteiger partial charge in [0.2, 0.25) is 0 Å². The van der Waals surface area contributed by atoms with E-state index < -0.39 is 6.04 Å². The van der Waals surface area contributed by atoms with E-state index in [0.717, 1.165) is 0 Å². The molecule has 0 amide bonds. The molecule has 0 aliphatic carbocycles. The van der Waals surface area contributed by atoms with Crippen molar-refractivity contribution in [3.63, 3.8) is 0 Å². The van der Waals surface area contributed by atoms with Gasteiger partial charge in [-0.3, -0.25) is 0 Å². The Hall–Kier alpha value is -1.93. The van der Waals surface area contributed by atoms with Crippen molar-refractivity contribution in [3.05, 3.63) is 17.7 Å². The molecule has 0 fully saturated rings. The molecule has 1 rings (SSSR count). The van der Waals surface area contributed by atoms with Crippen molar-refractivity contribution in [2.75, 3.05) is 14.2 Å². The van der Waals surface area contributed by atoms with Crippen molar-refractivity contribution < 1.29 is 14.6 Å². The summed E-state index contributed by atoms with van der Waals surface area (Å²) in [6.45, 7) is 0. The fourth-order valence-electron chi connectivity index (χ4n) is 1.45. The molecule has 5 heteroatoms. The van der Waals surface area contributed by atoms with Crippen LogP contribution in [0.1, 0.15) is 18.0 Å². The molecule has 5 nitrogen and oxygen atoms in total. The summed E-state index contributed by atoms with van der Waals surface area (Å²) in [6, 6.07) is 4.43. The van der Waals surface area contributed by atoms with Crippen LogP contribution in [0, 0.1) is 11.3 Å². The Bertz CT molecular complexity index is 412. The molecule has 0 saturated heterocycles. The minimum absolute atomic E-state index is 0.0287. The second-order valence-electron chi connectivity index (χ2n) is 3.23. The van der Waals surface area contributed by atoms with E-state index in [1.165, 1.54) is 20.3 Å². The minimum Gasteiger partial charge on any atom is -0.507 e. The highest BCUT2D eigenvalue weighted by atomic mass is 16.5. The Morgan fingerprint density at radius 1 is 1.44 bits per heavy atom. The van der Waals surface area contributed by atoms with E-state index in [1.54, 1.807) is 6.07 Å². The average molecular weight is 222 g/mol. The molecule has 0 aliphatic heterocycles. The number of benzene rings is 1. The molecular weight excluding hydrogens is 208 g/mol. The van der Waals surface area contributed by atoms with E-state index in [0.29, 0.717) is 17.1 Å². The first-order chi connectivity index (χ1) is 7.63. The van der Waals surface area contributed by atoms with Gasteiger partial charge in [-0.1, -0.05) is 0 Å². The van der Waals surface area contributed by atoms with Gasteiger partial charge in [-0.05, 0) is 0 Å². The number of phenols is 1. The van der Waals surface area contributed by atoms with Crippen LogP contribution >= 0.6 is 0 Å². The number of aromatic hydroxyl groups is 1. The van der Waals surface area contributed by atoms with Crippen molar-refractivity contribution in [3.8, 4) is 23.3 Å². The summed E-state index contributed by atoms with van der Waals surface area (Å²) in [5, 5.41) is 18.4. The van der Waals surface area contributed by atoms with Crippen molar-refractivity contribution >= 4 is 0 Å². The SMILES string of the molecule is COc1cc(O)c([C@@H](N)CC#N)c(OC)c1. The minimum atomic E-state index is -0.578. The molecule has 0 aliphatic rings. The first kappa shape index (κ1) is 12.1. The van der Waals surface area contributed by atoms with E-state index in [2.05, 4.69) is 0 Å². The number of nitrogens with two attached hydrogens (primary N) is 1. The lowest BCUT2D eigenvalue weighted by atomic mass is 10.0. The second-order valence-corrected chi connectivity index (χ2v) is 3.23. The van der Waals surface area contributed by atoms with Gasteiger partial charge in [0.25, 0.3) is 0 Å². The van der Waals surface area contributed by atoms with Crippen LogP contribution in [0.15, 0.2) is 12.1 Å². The Morgan fingerprint density at radius 2 is 2.12 bits per heavy atom. The number of hydrogen-bond acceptors (Lipinski definition) is 5. The molecule has 0 unspecified atom stereocenters. The zero-order chi connectivity index (χ0) is 12.1. The van der Waals surface area contributed by atoms with Gasteiger partial charge in [0, 0.05) is 12.1 Å². The molecule has 1 atom stereocenters. The lowest BCUT2D eigenvalue weighted by Crippen LogP contribution is -2.11. The van der Waals surface area contributed by atoms with Gasteiger partial charge in [-0.2, -0.15) is 5.26 Å². The highest BCUT2D eigenvalue weighted by molar-refractivity contribution is 5.51. The molecule has 3 N–H and O–H groups in total. The molecule has 0 saturated carbocycles. The van der Waals surface area contributed by atoms with Crippen LogP contribution in [0.3, 0.4) is 0 Å². The Morgan fingerprint density at radius 3 is 2.62 bits per heavy atom. The quantitative estimate of drug-likeness (QED) is 0.802. The predicted octanol–water partition coefficient (Wildman–Crippen LogP) is 1.32. The lowest BCUT2D eigenvalue weighted by molar-refractivity contribution is 0.375. The van der Waals surface area contributed by atoms with Crippen LogP contribution in [0.5, 0.6) is 17.2 Å². The van der Waals surface area contributed by atoms with Gasteiger partial charge in [-0.15, -0.1) is 0 Å². The van der Waals surface area contributed by atoms with E-state index in [9.17, 15) is 5.11 Å². The number of ether oxygens (including phenoxy) is 2. The Kier molecular flexibility index (Phi) is 3.97. The predicted molar refractivity (Wildman–Crippen MR) is 58.4 cm³/mol. The number of nitriles is 1. The summed E-state index contributed by atoms with van der Waals surface area (Å²) in [5.41, 5.74) is 6.19. The van der Waals surface area contributed by atoms with Crippen LogP contribution in [-0.4, -0.2) is 19.3 Å². The molecule has 0 radical (unpaired) electrons. The van der Waals surface area contributed by atoms with Gasteiger partial charge in [0.15, 0.2) is 0 Å². The van der Waals surface area contributed by atoms with Crippen molar-refractivity contribution in [1.29, 1.82) is 5.26 Å². The summed E-state index contributed by atoms with van der Waals surface area (Å²) in [6.07, 6.45) is 0.107. The molecule has 16 heavy (non-hydrogen) atoms. The van der Waals surface area contributed by atoms with Gasteiger partial charge < -0.3 is 20.3 Å². The number of nitrogens with zero attached hydrogens (tertiary/aromatic N) is 1. The van der Waals surface area contributed by atoms with Crippen molar-refractivity contribution in [2.24, 2.45) is 5.73 Å². The largest absolute Gasteiger partial charge is 0.507 e. The summed E-state index contributed by atoms with van der Waals surface area (Å²) in [7, 11) is 2.96. The normalized spacial score (nSPS) is 11.6. The summed E-state index contributed by atoms with van der Waals surface area (Å²) in [5.74, 6) is 0.862. The van der Waals surface area contributed by atoms with Crippen LogP contribution in [0.4, 0.5) is 0 Å². The summed E-state index contributed by atoms with van der Waals surface area (Å²) in [4.78, 5) is 0. The first-order valence-electron chi connectivity index (χ1n) is 4.71. The first-order valence-corrected chi connectivity index (χ1v) is 4.71. The van der Waals surface area contributed by atoms with E-state index in [-0.39, 0.29) is 12.2 Å². The van der Waals surface area contributed by atoms with E-state index in [4.69, 9.17) is 20.5 Å². The lowest BCUT2D eigenvalue weighted by Gasteiger charge is -2.16. The fourth-order valence-corrected chi connectivity index (χ4v) is 1.45. The van der Waals surface area contributed by atoms with Gasteiger partial charge >= 0.3 is 0 Å². The highest BCUT2D eigenvalue weighted by Gasteiger charge is 2.18. The highest BCUT2D eigenvalue weighted by Crippen LogP contribution is 2.37. The third kappa shape index (κ3) is 2.35. The molecule has 0 spiro atoms. The second kappa shape index (κ2) is 5.24. The number of hydrogen-bond donors (Lipinski definition) is 2. The zero-order valence-corrected chi connectivity index (χ0v) is 9.23. The molecule has 0 bridgehead atoms.